The number of esters is 3. The lowest BCUT2D eigenvalue weighted by molar-refractivity contribution is -0.0343. The maximum atomic E-state index is 14.8. The van der Waals surface area contributed by atoms with E-state index in [1.807, 2.05) is 0 Å². The Labute approximate surface area is 397 Å². The van der Waals surface area contributed by atoms with Crippen LogP contribution in [-0.2, 0) is 29.1 Å². The molecule has 11 nitrogen and oxygen atoms in total. The molecule has 9 atom stereocenters. The van der Waals surface area contributed by atoms with Crippen LogP contribution in [0, 0.1) is 53.3 Å². The normalized spacial score (nSPS) is 27.6. The van der Waals surface area contributed by atoms with Crippen LogP contribution in [0.1, 0.15) is 174 Å². The standard InChI is InChI=1S/C56H72O11/c1-29(2)35-14-11-32(7)25-44(35)65-53(57)38-17-20-41-47-50(38)62-42-21-18-39(54(58)66-45-26-33(8)12-15-36(45)30(3)4)51-48(42)56(47,23-24-61-28-60-10)49-43(64-51)22-19-40(52(49)63-41)55(59)67-46-27-34(9)13-16-37(46)31(5)6/h17-22,29-37,44-46H,11-16,23-28H2,1-10H3/t32-,33-,34-,35+,36+,37+,44-,45-,46-,56?/m1/s1. The zero-order valence-electron chi connectivity index (χ0n) is 41.4. The second-order valence-corrected chi connectivity index (χ2v) is 22.0. The molecule has 67 heavy (non-hydrogen) atoms. The quantitative estimate of drug-likeness (QED) is 0.0519. The van der Waals surface area contributed by atoms with Crippen LogP contribution in [-0.4, -0.2) is 56.7 Å². The summed E-state index contributed by atoms with van der Waals surface area (Å²) in [6.07, 6.45) is 8.14. The summed E-state index contributed by atoms with van der Waals surface area (Å²) in [7, 11) is 1.57. The average Bonchev–Trinajstić information content (AvgIpc) is 3.27. The Bertz CT molecular complexity index is 2120. The van der Waals surface area contributed by atoms with Gasteiger partial charge in [-0.15, -0.1) is 0 Å². The van der Waals surface area contributed by atoms with Gasteiger partial charge in [0.1, 0.15) is 76.3 Å². The number of hydrogen-bond acceptors (Lipinski definition) is 11. The molecule has 0 unspecified atom stereocenters. The van der Waals surface area contributed by atoms with Crippen molar-refractivity contribution in [3.63, 3.8) is 0 Å². The van der Waals surface area contributed by atoms with E-state index >= 15 is 0 Å². The first-order valence-corrected chi connectivity index (χ1v) is 25.4. The van der Waals surface area contributed by atoms with E-state index in [1.165, 1.54) is 0 Å². The maximum Gasteiger partial charge on any atom is 0.342 e. The molecule has 3 aromatic rings. The Kier molecular flexibility index (Phi) is 13.5. The first-order chi connectivity index (χ1) is 32.1. The molecule has 3 saturated carbocycles. The summed E-state index contributed by atoms with van der Waals surface area (Å²) in [5, 5.41) is 0. The Morgan fingerprint density at radius 1 is 0.537 bits per heavy atom. The fourth-order valence-electron chi connectivity index (χ4n) is 12.8. The number of carbonyl (C=O) groups is 3. The van der Waals surface area contributed by atoms with E-state index in [1.54, 1.807) is 43.5 Å². The van der Waals surface area contributed by atoms with Gasteiger partial charge in [-0.05, 0) is 135 Å². The van der Waals surface area contributed by atoms with Crippen LogP contribution in [0.2, 0.25) is 0 Å². The van der Waals surface area contributed by atoms with Crippen LogP contribution in [0.5, 0.6) is 34.5 Å². The van der Waals surface area contributed by atoms with Crippen molar-refractivity contribution in [2.75, 3.05) is 20.5 Å². The second-order valence-electron chi connectivity index (χ2n) is 22.0. The number of carbonyl (C=O) groups excluding carboxylic acids is 3. The molecule has 0 aromatic heterocycles. The monoisotopic (exact) mass is 921 g/mol. The SMILES string of the molecule is COCOCCC12c3c4ccc(C(=O)O[C@@H]5C[C@H](C)CC[C@H]5C(C)C)c3Oc3ccc(C(=O)O[C@@H]5C[C@H](C)CC[C@H]5C(C)C)c(c31)Oc1ccc(C(=O)O[C@@H]3C[C@H](C)CC[C@H]3C(C)C)c(c12)O4. The van der Waals surface area contributed by atoms with Crippen molar-refractivity contribution in [2.24, 2.45) is 53.3 Å². The number of hydrogen-bond donors (Lipinski definition) is 0. The summed E-state index contributed by atoms with van der Waals surface area (Å²) in [5.74, 6) is 3.65. The van der Waals surface area contributed by atoms with Crippen molar-refractivity contribution in [1.29, 1.82) is 0 Å². The molecule has 0 radical (unpaired) electrons. The van der Waals surface area contributed by atoms with Gasteiger partial charge in [0.05, 0.1) is 28.7 Å². The topological polar surface area (TPSA) is 125 Å². The fourth-order valence-corrected chi connectivity index (χ4v) is 12.8. The summed E-state index contributed by atoms with van der Waals surface area (Å²) in [4.78, 5) is 44.3. The predicted molar refractivity (Wildman–Crippen MR) is 254 cm³/mol. The number of rotatable bonds is 14. The van der Waals surface area contributed by atoms with Crippen LogP contribution in [0.3, 0.4) is 0 Å². The van der Waals surface area contributed by atoms with E-state index in [9.17, 15) is 14.4 Å². The highest BCUT2D eigenvalue weighted by Gasteiger charge is 2.58. The molecule has 0 N–H and O–H groups in total. The first kappa shape index (κ1) is 47.5. The highest BCUT2D eigenvalue weighted by Crippen LogP contribution is 2.69. The maximum absolute atomic E-state index is 14.8. The van der Waals surface area contributed by atoms with Gasteiger partial charge in [-0.2, -0.15) is 0 Å². The molecule has 3 heterocycles. The summed E-state index contributed by atoms with van der Waals surface area (Å²) in [5.41, 5.74) is 1.30. The van der Waals surface area contributed by atoms with Gasteiger partial charge in [0, 0.05) is 7.11 Å². The van der Waals surface area contributed by atoms with Gasteiger partial charge in [-0.25, -0.2) is 14.4 Å². The van der Waals surface area contributed by atoms with Gasteiger partial charge < -0.3 is 37.9 Å². The van der Waals surface area contributed by atoms with Gasteiger partial charge in [-0.3, -0.25) is 0 Å². The highest BCUT2D eigenvalue weighted by atomic mass is 16.7. The Morgan fingerprint density at radius 3 is 1.16 bits per heavy atom. The van der Waals surface area contributed by atoms with E-state index in [-0.39, 0.29) is 72.6 Å². The predicted octanol–water partition coefficient (Wildman–Crippen LogP) is 13.2. The molecule has 0 amide bonds. The van der Waals surface area contributed by atoms with E-state index in [0.29, 0.717) is 86.7 Å². The van der Waals surface area contributed by atoms with Gasteiger partial charge in [0.25, 0.3) is 0 Å². The van der Waals surface area contributed by atoms with E-state index in [4.69, 9.17) is 37.9 Å². The summed E-state index contributed by atoms with van der Waals surface area (Å²) in [6.45, 7) is 20.0. The molecule has 0 spiro atoms. The van der Waals surface area contributed by atoms with E-state index < -0.39 is 23.3 Å². The van der Waals surface area contributed by atoms with Gasteiger partial charge in [-0.1, -0.05) is 81.6 Å². The molecule has 3 aliphatic carbocycles. The zero-order chi connectivity index (χ0) is 47.5. The number of benzene rings is 3. The average molecular weight is 921 g/mol. The summed E-state index contributed by atoms with van der Waals surface area (Å²) >= 11 is 0. The molecule has 3 aromatic carbocycles. The minimum absolute atomic E-state index is 0.0360. The minimum atomic E-state index is -1.22. The zero-order valence-corrected chi connectivity index (χ0v) is 41.4. The molecule has 362 valence electrons. The summed E-state index contributed by atoms with van der Waals surface area (Å²) in [6, 6.07) is 10.4. The molecule has 9 rings (SSSR count). The minimum Gasteiger partial charge on any atom is -0.458 e. The van der Waals surface area contributed by atoms with Crippen molar-refractivity contribution in [3.8, 4) is 34.5 Å². The summed E-state index contributed by atoms with van der Waals surface area (Å²) < 4.78 is 51.9. The lowest BCUT2D eigenvalue weighted by atomic mass is 9.62. The van der Waals surface area contributed by atoms with Crippen molar-refractivity contribution < 1.29 is 52.3 Å². The van der Waals surface area contributed by atoms with E-state index in [0.717, 1.165) is 57.8 Å². The molecular formula is C56H72O11. The largest absolute Gasteiger partial charge is 0.458 e. The van der Waals surface area contributed by atoms with Gasteiger partial charge in [0.2, 0.25) is 0 Å². The van der Waals surface area contributed by atoms with Crippen LogP contribution in [0.15, 0.2) is 36.4 Å². The van der Waals surface area contributed by atoms with Crippen molar-refractivity contribution in [3.05, 3.63) is 69.8 Å². The molecule has 11 heteroatoms. The van der Waals surface area contributed by atoms with Crippen LogP contribution in [0.4, 0.5) is 0 Å². The van der Waals surface area contributed by atoms with Gasteiger partial charge >= 0.3 is 17.9 Å². The van der Waals surface area contributed by atoms with E-state index in [2.05, 4.69) is 62.3 Å². The highest BCUT2D eigenvalue weighted by molar-refractivity contribution is 6.00. The van der Waals surface area contributed by atoms with Crippen LogP contribution < -0.4 is 14.2 Å². The molecule has 0 bridgehead atoms. The molecule has 3 aliphatic heterocycles. The third-order valence-corrected chi connectivity index (χ3v) is 16.4. The lowest BCUT2D eigenvalue weighted by Crippen LogP contribution is -2.41. The lowest BCUT2D eigenvalue weighted by Gasteiger charge is -2.48. The van der Waals surface area contributed by atoms with Crippen molar-refractivity contribution in [1.82, 2.24) is 0 Å². The smallest absolute Gasteiger partial charge is 0.342 e. The Morgan fingerprint density at radius 2 is 0.866 bits per heavy atom. The molecule has 6 aliphatic rings. The molecule has 3 fully saturated rings. The molecule has 0 saturated heterocycles. The third-order valence-electron chi connectivity index (χ3n) is 16.4. The number of ether oxygens (including phenoxy) is 8. The Hall–Kier alpha value is -4.61. The number of methoxy groups -OCH3 is 1. The first-order valence-electron chi connectivity index (χ1n) is 25.4. The van der Waals surface area contributed by atoms with Crippen molar-refractivity contribution in [2.45, 2.75) is 150 Å². The Balaban J connectivity index is 1.21. The molecular weight excluding hydrogens is 849 g/mol. The third kappa shape index (κ3) is 8.63. The van der Waals surface area contributed by atoms with Crippen LogP contribution >= 0.6 is 0 Å². The van der Waals surface area contributed by atoms with Gasteiger partial charge in [0.15, 0.2) is 0 Å². The van der Waals surface area contributed by atoms with Crippen LogP contribution in [0.25, 0.3) is 0 Å². The second kappa shape index (κ2) is 19.1. The van der Waals surface area contributed by atoms with Crippen molar-refractivity contribution >= 4 is 17.9 Å². The fraction of sp³-hybridized carbons (Fsp3) is 0.625.